The summed E-state index contributed by atoms with van der Waals surface area (Å²) in [4.78, 5) is 20.7. The highest BCUT2D eigenvalue weighted by molar-refractivity contribution is 6.05. The summed E-state index contributed by atoms with van der Waals surface area (Å²) in [6.45, 7) is 1.30. The maximum atomic E-state index is 12.0. The normalized spacial score (nSPS) is 14.4. The lowest BCUT2D eigenvalue weighted by atomic mass is 10.2. The molecule has 4 rings (SSSR count). The largest absolute Gasteiger partial charge is 0.350 e. The van der Waals surface area contributed by atoms with Crippen LogP contribution in [-0.4, -0.2) is 31.6 Å². The minimum atomic E-state index is -0.0403. The molecule has 1 aromatic carbocycles. The van der Waals surface area contributed by atoms with Crippen LogP contribution in [0.3, 0.4) is 0 Å². The third kappa shape index (κ3) is 1.40. The summed E-state index contributed by atoms with van der Waals surface area (Å²) in [5.41, 5.74) is 2.40. The van der Waals surface area contributed by atoms with Gasteiger partial charge in [-0.3, -0.25) is 9.36 Å². The van der Waals surface area contributed by atoms with E-state index in [1.165, 1.54) is 0 Å². The van der Waals surface area contributed by atoms with E-state index in [-0.39, 0.29) is 5.91 Å². The Balaban J connectivity index is 2.10. The molecule has 0 fully saturated rings. The van der Waals surface area contributed by atoms with Crippen molar-refractivity contribution in [3.05, 3.63) is 42.5 Å². The van der Waals surface area contributed by atoms with Crippen LogP contribution in [0.1, 0.15) is 10.4 Å². The second-order valence-electron chi connectivity index (χ2n) is 4.46. The van der Waals surface area contributed by atoms with Crippen LogP contribution < -0.4 is 5.32 Å². The first-order chi connectivity index (χ1) is 9.34. The van der Waals surface area contributed by atoms with E-state index in [2.05, 4.69) is 19.9 Å². The molecule has 6 heteroatoms. The minimum absolute atomic E-state index is 0.0403. The van der Waals surface area contributed by atoms with E-state index in [0.717, 1.165) is 17.0 Å². The van der Waals surface area contributed by atoms with Crippen molar-refractivity contribution in [3.63, 3.8) is 0 Å². The zero-order chi connectivity index (χ0) is 12.8. The average molecular weight is 253 g/mol. The molecule has 0 aliphatic carbocycles. The first-order valence-electron chi connectivity index (χ1n) is 6.10. The number of nitrogens with one attached hydrogen (secondary N) is 1. The lowest BCUT2D eigenvalue weighted by Gasteiger charge is -2.06. The van der Waals surface area contributed by atoms with Crippen LogP contribution >= 0.6 is 0 Å². The molecule has 0 atom stereocenters. The molecular weight excluding hydrogens is 242 g/mol. The summed E-state index contributed by atoms with van der Waals surface area (Å²) in [5, 5.41) is 2.90. The number of imidazole rings is 2. The topological polar surface area (TPSA) is 64.7 Å². The predicted octanol–water partition coefficient (Wildman–Crippen LogP) is 0.965. The minimum Gasteiger partial charge on any atom is -0.350 e. The van der Waals surface area contributed by atoms with Crippen LogP contribution in [0.2, 0.25) is 0 Å². The Kier molecular flexibility index (Phi) is 2.00. The first-order valence-corrected chi connectivity index (χ1v) is 6.10. The second kappa shape index (κ2) is 3.68. The van der Waals surface area contributed by atoms with Crippen molar-refractivity contribution in [2.24, 2.45) is 0 Å². The number of hydrogen-bond donors (Lipinski definition) is 1. The second-order valence-corrected chi connectivity index (χ2v) is 4.46. The highest BCUT2D eigenvalue weighted by Gasteiger charge is 2.21. The third-order valence-electron chi connectivity index (χ3n) is 3.35. The Bertz CT molecular complexity index is 772. The van der Waals surface area contributed by atoms with E-state index in [4.69, 9.17) is 0 Å². The van der Waals surface area contributed by atoms with Crippen molar-refractivity contribution in [1.82, 2.24) is 24.4 Å². The molecule has 1 amide bonds. The van der Waals surface area contributed by atoms with Crippen LogP contribution in [-0.2, 0) is 6.54 Å². The van der Waals surface area contributed by atoms with Crippen molar-refractivity contribution in [1.29, 1.82) is 0 Å². The fraction of sp³-hybridized carbons (Fsp3) is 0.154. The van der Waals surface area contributed by atoms with Crippen molar-refractivity contribution in [3.8, 4) is 5.95 Å². The van der Waals surface area contributed by atoms with Crippen LogP contribution in [0.5, 0.6) is 0 Å². The molecule has 6 nitrogen and oxygen atoms in total. The molecule has 1 aliphatic heterocycles. The fourth-order valence-electron chi connectivity index (χ4n) is 2.52. The van der Waals surface area contributed by atoms with Crippen molar-refractivity contribution in [2.45, 2.75) is 6.54 Å². The molecule has 1 N–H and O–H groups in total. The molecular formula is C13H11N5O. The summed E-state index contributed by atoms with van der Waals surface area (Å²) in [7, 11) is 0. The van der Waals surface area contributed by atoms with E-state index in [0.29, 0.717) is 18.7 Å². The van der Waals surface area contributed by atoms with E-state index >= 15 is 0 Å². The Labute approximate surface area is 108 Å². The first kappa shape index (κ1) is 10.3. The molecule has 94 valence electrons. The summed E-state index contributed by atoms with van der Waals surface area (Å²) < 4.78 is 3.92. The highest BCUT2D eigenvalue weighted by atomic mass is 16.1. The standard InChI is InChI=1S/C13H11N5O/c19-12-9-2-1-3-10-11(9)18(7-5-15-12)13(16-10)17-6-4-14-8-17/h1-4,6,8H,5,7H2,(H,15,19). The van der Waals surface area contributed by atoms with Crippen LogP contribution in [0.15, 0.2) is 36.9 Å². The number of nitrogens with zero attached hydrogens (tertiary/aromatic N) is 4. The number of amides is 1. The lowest BCUT2D eigenvalue weighted by Crippen LogP contribution is -2.24. The van der Waals surface area contributed by atoms with Gasteiger partial charge >= 0.3 is 0 Å². The van der Waals surface area contributed by atoms with Gasteiger partial charge in [-0.1, -0.05) is 6.07 Å². The van der Waals surface area contributed by atoms with Gasteiger partial charge in [0.25, 0.3) is 5.91 Å². The van der Waals surface area contributed by atoms with E-state index < -0.39 is 0 Å². The maximum absolute atomic E-state index is 12.0. The summed E-state index contributed by atoms with van der Waals surface area (Å²) >= 11 is 0. The number of carbonyl (C=O) groups excluding carboxylic acids is 1. The maximum Gasteiger partial charge on any atom is 0.253 e. The number of benzene rings is 1. The highest BCUT2D eigenvalue weighted by Crippen LogP contribution is 2.24. The Morgan fingerprint density at radius 1 is 1.32 bits per heavy atom. The molecule has 3 heterocycles. The summed E-state index contributed by atoms with van der Waals surface area (Å²) in [6, 6.07) is 5.62. The molecule has 2 aromatic heterocycles. The van der Waals surface area contributed by atoms with E-state index in [9.17, 15) is 4.79 Å². The fourth-order valence-corrected chi connectivity index (χ4v) is 2.52. The molecule has 0 unspecified atom stereocenters. The van der Waals surface area contributed by atoms with Gasteiger partial charge in [-0.15, -0.1) is 0 Å². The molecule has 0 bridgehead atoms. The van der Waals surface area contributed by atoms with Crippen molar-refractivity contribution < 1.29 is 4.79 Å². The average Bonchev–Trinajstić information content (AvgIpc) is 3.01. The van der Waals surface area contributed by atoms with Gasteiger partial charge in [0.05, 0.1) is 16.6 Å². The number of para-hydroxylation sites is 1. The zero-order valence-corrected chi connectivity index (χ0v) is 10.1. The Morgan fingerprint density at radius 2 is 2.26 bits per heavy atom. The van der Waals surface area contributed by atoms with E-state index in [1.54, 1.807) is 12.5 Å². The molecule has 0 radical (unpaired) electrons. The number of hydrogen-bond acceptors (Lipinski definition) is 3. The summed E-state index contributed by atoms with van der Waals surface area (Å²) in [5.74, 6) is 0.748. The number of aromatic nitrogens is 4. The molecule has 3 aromatic rings. The van der Waals surface area contributed by atoms with Crippen molar-refractivity contribution in [2.75, 3.05) is 6.54 Å². The quantitative estimate of drug-likeness (QED) is 0.702. The van der Waals surface area contributed by atoms with Crippen LogP contribution in [0.4, 0.5) is 0 Å². The molecule has 1 aliphatic rings. The van der Waals surface area contributed by atoms with Gasteiger partial charge in [-0.25, -0.2) is 9.97 Å². The molecule has 19 heavy (non-hydrogen) atoms. The lowest BCUT2D eigenvalue weighted by molar-refractivity contribution is 0.0956. The SMILES string of the molecule is O=C1NCCn2c(-n3ccnc3)nc3cccc1c32. The van der Waals surface area contributed by atoms with Gasteiger partial charge in [0.2, 0.25) is 5.95 Å². The molecule has 0 saturated carbocycles. The zero-order valence-electron chi connectivity index (χ0n) is 10.1. The van der Waals surface area contributed by atoms with Gasteiger partial charge in [-0.05, 0) is 12.1 Å². The number of rotatable bonds is 1. The van der Waals surface area contributed by atoms with Gasteiger partial charge < -0.3 is 9.88 Å². The Hall–Kier alpha value is -2.63. The van der Waals surface area contributed by atoms with Crippen LogP contribution in [0, 0.1) is 0 Å². The predicted molar refractivity (Wildman–Crippen MR) is 69.2 cm³/mol. The van der Waals surface area contributed by atoms with Crippen LogP contribution in [0.25, 0.3) is 17.0 Å². The molecule has 0 spiro atoms. The summed E-state index contributed by atoms with van der Waals surface area (Å²) in [6.07, 6.45) is 5.28. The van der Waals surface area contributed by atoms with Gasteiger partial charge in [-0.2, -0.15) is 0 Å². The van der Waals surface area contributed by atoms with Crippen molar-refractivity contribution >= 4 is 16.9 Å². The van der Waals surface area contributed by atoms with Gasteiger partial charge in [0.15, 0.2) is 0 Å². The number of carbonyl (C=O) groups is 1. The monoisotopic (exact) mass is 253 g/mol. The van der Waals surface area contributed by atoms with E-state index in [1.807, 2.05) is 29.0 Å². The Morgan fingerprint density at radius 3 is 3.11 bits per heavy atom. The van der Waals surface area contributed by atoms with Gasteiger partial charge in [0.1, 0.15) is 6.33 Å². The molecule has 0 saturated heterocycles. The third-order valence-corrected chi connectivity index (χ3v) is 3.35. The smallest absolute Gasteiger partial charge is 0.253 e. The van der Waals surface area contributed by atoms with Gasteiger partial charge in [0, 0.05) is 25.5 Å².